The van der Waals surface area contributed by atoms with E-state index in [1.807, 2.05) is 48.2 Å². The lowest BCUT2D eigenvalue weighted by Crippen LogP contribution is -2.56. The van der Waals surface area contributed by atoms with Crippen LogP contribution >= 0.6 is 0 Å². The summed E-state index contributed by atoms with van der Waals surface area (Å²) in [5.74, 6) is 0.0363. The molecule has 5 heteroatoms. The maximum absolute atomic E-state index is 13.8. The van der Waals surface area contributed by atoms with Gasteiger partial charge in [0, 0.05) is 20.6 Å². The van der Waals surface area contributed by atoms with E-state index in [0.717, 1.165) is 24.0 Å². The van der Waals surface area contributed by atoms with Gasteiger partial charge in [0.25, 0.3) is 5.91 Å². The molecule has 142 valence electrons. The summed E-state index contributed by atoms with van der Waals surface area (Å²) in [6.45, 7) is 3.55. The number of carbonyl (C=O) groups is 1. The van der Waals surface area contributed by atoms with Crippen molar-refractivity contribution in [1.82, 2.24) is 4.90 Å². The monoisotopic (exact) mass is 359 g/mol. The highest BCUT2D eigenvalue weighted by atomic mass is 16.5. The first-order valence-electron chi connectivity index (χ1n) is 9.28. The van der Waals surface area contributed by atoms with Crippen molar-refractivity contribution in [3.05, 3.63) is 47.5 Å². The minimum absolute atomic E-state index is 0.0363. The van der Waals surface area contributed by atoms with Crippen LogP contribution in [0, 0.1) is 0 Å². The van der Waals surface area contributed by atoms with E-state index < -0.39 is 5.60 Å². The third kappa shape index (κ3) is 3.56. The third-order valence-corrected chi connectivity index (χ3v) is 5.57. The molecule has 2 aliphatic heterocycles. The van der Waals surface area contributed by atoms with Crippen LogP contribution in [0.1, 0.15) is 25.3 Å². The summed E-state index contributed by atoms with van der Waals surface area (Å²) in [6.07, 6.45) is 4.42. The smallest absolute Gasteiger partial charge is 0.260 e. The molecular formula is C21H29NO4. The lowest BCUT2D eigenvalue weighted by atomic mass is 9.86. The molecule has 1 aromatic rings. The molecule has 5 nitrogen and oxygen atoms in total. The Kier molecular flexibility index (Phi) is 6.12. The van der Waals surface area contributed by atoms with E-state index in [4.69, 9.17) is 14.2 Å². The highest BCUT2D eigenvalue weighted by Gasteiger charge is 2.50. The standard InChI is InChI=1S/C21H29NO4/c1-16-11-12-26-21(16,13-17-7-5-4-6-8-17)20(23)22-18(14-24-2)9-10-19(22)15-25-3/h4-8,11,18-19H,9-10,12-15H2,1-3H3/t18-,19-,21-/m0/s1. The maximum atomic E-state index is 13.8. The van der Waals surface area contributed by atoms with E-state index in [1.54, 1.807) is 14.2 Å². The summed E-state index contributed by atoms with van der Waals surface area (Å²) in [5, 5.41) is 0. The predicted molar refractivity (Wildman–Crippen MR) is 100.0 cm³/mol. The molecule has 0 unspecified atom stereocenters. The molecule has 0 aromatic heterocycles. The second kappa shape index (κ2) is 8.33. The molecule has 0 radical (unpaired) electrons. The van der Waals surface area contributed by atoms with Crippen molar-refractivity contribution < 1.29 is 19.0 Å². The highest BCUT2D eigenvalue weighted by molar-refractivity contribution is 5.90. The van der Waals surface area contributed by atoms with Gasteiger partial charge in [-0.25, -0.2) is 0 Å². The van der Waals surface area contributed by atoms with Crippen molar-refractivity contribution in [1.29, 1.82) is 0 Å². The van der Waals surface area contributed by atoms with Gasteiger partial charge in [-0.3, -0.25) is 4.79 Å². The summed E-state index contributed by atoms with van der Waals surface area (Å²) in [6, 6.07) is 10.2. The Morgan fingerprint density at radius 3 is 2.27 bits per heavy atom. The van der Waals surface area contributed by atoms with Gasteiger partial charge in [-0.2, -0.15) is 0 Å². The molecule has 1 saturated heterocycles. The molecule has 0 aliphatic carbocycles. The molecule has 1 aromatic carbocycles. The van der Waals surface area contributed by atoms with Crippen LogP contribution in [0.25, 0.3) is 0 Å². The van der Waals surface area contributed by atoms with Gasteiger partial charge in [0.05, 0.1) is 31.9 Å². The Balaban J connectivity index is 1.92. The maximum Gasteiger partial charge on any atom is 0.260 e. The van der Waals surface area contributed by atoms with Crippen molar-refractivity contribution in [2.24, 2.45) is 0 Å². The van der Waals surface area contributed by atoms with Gasteiger partial charge in [0.1, 0.15) is 0 Å². The first kappa shape index (κ1) is 19.1. The number of carbonyl (C=O) groups excluding carboxylic acids is 1. The normalized spacial score (nSPS) is 28.4. The Morgan fingerprint density at radius 1 is 1.15 bits per heavy atom. The van der Waals surface area contributed by atoms with Crippen molar-refractivity contribution in [2.45, 2.75) is 43.9 Å². The number of nitrogens with zero attached hydrogens (tertiary/aromatic N) is 1. The van der Waals surface area contributed by atoms with E-state index in [2.05, 4.69) is 0 Å². The topological polar surface area (TPSA) is 48.0 Å². The van der Waals surface area contributed by atoms with Gasteiger partial charge >= 0.3 is 0 Å². The number of benzene rings is 1. The van der Waals surface area contributed by atoms with Crippen LogP contribution in [0.4, 0.5) is 0 Å². The number of hydrogen-bond donors (Lipinski definition) is 0. The SMILES string of the molecule is COC[C@@H]1CC[C@@H](COC)N1C(=O)[C@@]1(Cc2ccccc2)OCC=C1C. The lowest BCUT2D eigenvalue weighted by molar-refractivity contribution is -0.155. The fourth-order valence-electron chi connectivity index (χ4n) is 4.18. The molecule has 0 spiro atoms. The molecule has 0 saturated carbocycles. The minimum atomic E-state index is -0.927. The molecule has 0 bridgehead atoms. The van der Waals surface area contributed by atoms with Crippen LogP contribution in [0.2, 0.25) is 0 Å². The number of methoxy groups -OCH3 is 2. The summed E-state index contributed by atoms with van der Waals surface area (Å²) >= 11 is 0. The molecule has 2 aliphatic rings. The second-order valence-electron chi connectivity index (χ2n) is 7.20. The average molecular weight is 359 g/mol. The number of likely N-dealkylation sites (tertiary alicyclic amines) is 1. The summed E-state index contributed by atoms with van der Waals surface area (Å²) in [5.41, 5.74) is 1.16. The molecule has 2 heterocycles. The third-order valence-electron chi connectivity index (χ3n) is 5.57. The van der Waals surface area contributed by atoms with Crippen molar-refractivity contribution in [3.63, 3.8) is 0 Å². The predicted octanol–water partition coefficient (Wildman–Crippen LogP) is 2.60. The highest BCUT2D eigenvalue weighted by Crippen LogP contribution is 2.37. The number of hydrogen-bond acceptors (Lipinski definition) is 4. The molecule has 1 fully saturated rings. The van der Waals surface area contributed by atoms with E-state index >= 15 is 0 Å². The van der Waals surface area contributed by atoms with Gasteiger partial charge in [-0.15, -0.1) is 0 Å². The fraction of sp³-hybridized carbons (Fsp3) is 0.571. The van der Waals surface area contributed by atoms with Crippen molar-refractivity contribution in [3.8, 4) is 0 Å². The lowest BCUT2D eigenvalue weighted by Gasteiger charge is -2.38. The average Bonchev–Trinajstić information content (AvgIpc) is 3.21. The molecule has 3 rings (SSSR count). The molecule has 3 atom stereocenters. The summed E-state index contributed by atoms with van der Waals surface area (Å²) < 4.78 is 16.9. The van der Waals surface area contributed by atoms with Crippen LogP contribution in [0.3, 0.4) is 0 Å². The molecular weight excluding hydrogens is 330 g/mol. The van der Waals surface area contributed by atoms with Crippen LogP contribution in [-0.4, -0.2) is 62.5 Å². The Hall–Kier alpha value is -1.69. The van der Waals surface area contributed by atoms with Crippen molar-refractivity contribution in [2.75, 3.05) is 34.0 Å². The zero-order chi connectivity index (χ0) is 18.6. The molecule has 26 heavy (non-hydrogen) atoms. The summed E-state index contributed by atoms with van der Waals surface area (Å²) in [4.78, 5) is 15.8. The largest absolute Gasteiger partial charge is 0.383 e. The van der Waals surface area contributed by atoms with Gasteiger partial charge in [0.15, 0.2) is 5.60 Å². The van der Waals surface area contributed by atoms with Crippen LogP contribution in [-0.2, 0) is 25.4 Å². The quantitative estimate of drug-likeness (QED) is 0.702. The van der Waals surface area contributed by atoms with Crippen molar-refractivity contribution >= 4 is 5.91 Å². The number of amides is 1. The van der Waals surface area contributed by atoms with Crippen LogP contribution in [0.15, 0.2) is 42.0 Å². The van der Waals surface area contributed by atoms with Gasteiger partial charge < -0.3 is 19.1 Å². The molecule has 1 amide bonds. The second-order valence-corrected chi connectivity index (χ2v) is 7.20. The number of rotatable bonds is 7. The first-order valence-corrected chi connectivity index (χ1v) is 9.28. The molecule has 0 N–H and O–H groups in total. The van der Waals surface area contributed by atoms with E-state index in [0.29, 0.717) is 26.2 Å². The Morgan fingerprint density at radius 2 is 1.77 bits per heavy atom. The zero-order valence-corrected chi connectivity index (χ0v) is 15.9. The zero-order valence-electron chi connectivity index (χ0n) is 15.9. The Bertz CT molecular complexity index is 631. The first-order chi connectivity index (χ1) is 12.6. The fourth-order valence-corrected chi connectivity index (χ4v) is 4.18. The van der Waals surface area contributed by atoms with E-state index in [-0.39, 0.29) is 18.0 Å². The van der Waals surface area contributed by atoms with E-state index in [9.17, 15) is 4.79 Å². The minimum Gasteiger partial charge on any atom is -0.383 e. The van der Waals surface area contributed by atoms with Gasteiger partial charge in [-0.1, -0.05) is 36.4 Å². The van der Waals surface area contributed by atoms with Gasteiger partial charge in [-0.05, 0) is 30.9 Å². The summed E-state index contributed by atoms with van der Waals surface area (Å²) in [7, 11) is 3.37. The van der Waals surface area contributed by atoms with E-state index in [1.165, 1.54) is 0 Å². The van der Waals surface area contributed by atoms with Crippen LogP contribution < -0.4 is 0 Å². The number of ether oxygens (including phenoxy) is 3. The Labute approximate surface area is 155 Å². The van der Waals surface area contributed by atoms with Crippen LogP contribution in [0.5, 0.6) is 0 Å². The van der Waals surface area contributed by atoms with Gasteiger partial charge in [0.2, 0.25) is 0 Å².